The number of fused-ring (bicyclic) bond motifs is 2. The van der Waals surface area contributed by atoms with Gasteiger partial charge in [0.1, 0.15) is 35.2 Å². The zero-order valence-corrected chi connectivity index (χ0v) is 24.4. The monoisotopic (exact) mass is 619 g/mol. The van der Waals surface area contributed by atoms with E-state index in [1.54, 1.807) is 12.1 Å². The Morgan fingerprint density at radius 1 is 0.864 bits per heavy atom. The Kier molecular flexibility index (Phi) is 9.96. The van der Waals surface area contributed by atoms with Crippen LogP contribution in [0.4, 0.5) is 0 Å². The third-order valence-electron chi connectivity index (χ3n) is 6.88. The summed E-state index contributed by atoms with van der Waals surface area (Å²) >= 11 is 5.71. The van der Waals surface area contributed by atoms with Gasteiger partial charge in [0, 0.05) is 53.1 Å². The summed E-state index contributed by atoms with van der Waals surface area (Å²) in [6.07, 6.45) is 1.64. The van der Waals surface area contributed by atoms with E-state index in [2.05, 4.69) is 5.32 Å². The van der Waals surface area contributed by atoms with Crippen molar-refractivity contribution in [3.8, 4) is 28.2 Å². The highest BCUT2D eigenvalue weighted by Crippen LogP contribution is 2.42. The third kappa shape index (κ3) is 7.28. The number of carbonyl (C=O) groups excluding carboxylic acids is 1. The van der Waals surface area contributed by atoms with Gasteiger partial charge >= 0.3 is 5.97 Å². The van der Waals surface area contributed by atoms with Crippen molar-refractivity contribution in [2.24, 2.45) is 0 Å². The second-order valence-electron chi connectivity index (χ2n) is 9.96. The number of benzene rings is 3. The topological polar surface area (TPSA) is 148 Å². The molecule has 1 amide bonds. The van der Waals surface area contributed by atoms with Gasteiger partial charge in [-0.15, -0.1) is 11.6 Å². The minimum absolute atomic E-state index is 0.0426. The van der Waals surface area contributed by atoms with Gasteiger partial charge in [-0.1, -0.05) is 0 Å². The number of halogens is 1. The Bertz CT molecular complexity index is 1810. The molecule has 2 aliphatic rings. The molecule has 2 heterocycles. The van der Waals surface area contributed by atoms with Crippen LogP contribution in [0, 0.1) is 0 Å². The second kappa shape index (κ2) is 14.2. The van der Waals surface area contributed by atoms with Crippen molar-refractivity contribution >= 4 is 34.4 Å². The molecule has 1 aliphatic carbocycles. The maximum absolute atomic E-state index is 13.0. The van der Waals surface area contributed by atoms with Gasteiger partial charge in [0.05, 0.1) is 25.4 Å². The summed E-state index contributed by atoms with van der Waals surface area (Å²) in [7, 11) is 0. The molecule has 5 rings (SSSR count). The molecule has 2 aromatic carbocycles. The number of aryl methyl sites for hydroxylation is 1. The summed E-state index contributed by atoms with van der Waals surface area (Å²) in [5, 5.41) is 23.3. The maximum Gasteiger partial charge on any atom is 0.336 e. The van der Waals surface area contributed by atoms with E-state index in [1.807, 2.05) is 12.1 Å². The van der Waals surface area contributed by atoms with E-state index in [0.717, 1.165) is 24.4 Å². The molecular formula is C33H30ClNO9. The highest BCUT2D eigenvalue weighted by atomic mass is 35.5. The molecule has 0 saturated heterocycles. The average molecular weight is 620 g/mol. The number of furan rings is 1. The molecule has 0 fully saturated rings. The van der Waals surface area contributed by atoms with Gasteiger partial charge in [0.15, 0.2) is 5.43 Å². The summed E-state index contributed by atoms with van der Waals surface area (Å²) in [4.78, 5) is 37.3. The quantitative estimate of drug-likeness (QED) is 0.0809. The van der Waals surface area contributed by atoms with Crippen LogP contribution in [-0.2, 0) is 22.5 Å². The molecule has 0 bridgehead atoms. The number of hydrogen-bond donors (Lipinski definition) is 3. The number of carboxylic acids is 1. The fraction of sp³-hybridized carbons (Fsp3) is 0.242. The molecule has 0 spiro atoms. The third-order valence-corrected chi connectivity index (χ3v) is 7.15. The van der Waals surface area contributed by atoms with Crippen LogP contribution < -0.4 is 10.7 Å². The average Bonchev–Trinajstić information content (AvgIpc) is 3.47. The lowest BCUT2D eigenvalue weighted by Crippen LogP contribution is -2.27. The molecule has 1 aliphatic heterocycles. The fourth-order valence-corrected chi connectivity index (χ4v) is 4.97. The zero-order chi connectivity index (χ0) is 31.1. The lowest BCUT2D eigenvalue weighted by atomic mass is 9.89. The second-order valence-corrected chi connectivity index (χ2v) is 10.3. The first-order valence-electron chi connectivity index (χ1n) is 14.0. The Morgan fingerprint density at radius 2 is 1.68 bits per heavy atom. The molecule has 0 saturated carbocycles. The number of carboxylic acid groups (broad SMARTS) is 1. The van der Waals surface area contributed by atoms with Crippen molar-refractivity contribution in [2.45, 2.75) is 19.4 Å². The smallest absolute Gasteiger partial charge is 0.336 e. The molecule has 0 unspecified atom stereocenters. The highest BCUT2D eigenvalue weighted by Gasteiger charge is 2.23. The SMILES string of the molecule is O=C(NCCOCCOCc1ccc(CCCCl)o1)c1ccc(C(=O)O)c(-c2c3ccc(=O)cc-3oc3cc(O)ccc23)c1. The van der Waals surface area contributed by atoms with E-state index in [9.17, 15) is 24.6 Å². The number of aromatic carboxylic acids is 1. The lowest BCUT2D eigenvalue weighted by Gasteiger charge is -2.17. The largest absolute Gasteiger partial charge is 0.508 e. The van der Waals surface area contributed by atoms with Gasteiger partial charge in [-0.05, 0) is 66.6 Å². The molecule has 3 N–H and O–H groups in total. The summed E-state index contributed by atoms with van der Waals surface area (Å²) in [5.41, 5.74) is 1.35. The van der Waals surface area contributed by atoms with E-state index in [1.165, 1.54) is 42.5 Å². The predicted octanol–water partition coefficient (Wildman–Crippen LogP) is 5.70. The summed E-state index contributed by atoms with van der Waals surface area (Å²) in [6, 6.07) is 16.7. The summed E-state index contributed by atoms with van der Waals surface area (Å²) in [5.74, 6) is 0.736. The number of carbonyl (C=O) groups is 2. The number of ether oxygens (including phenoxy) is 2. The molecule has 11 heteroatoms. The number of aromatic hydroxyl groups is 1. The summed E-state index contributed by atoms with van der Waals surface area (Å²) < 4.78 is 22.7. The van der Waals surface area contributed by atoms with Gasteiger partial charge in [0.25, 0.3) is 5.91 Å². The van der Waals surface area contributed by atoms with Gasteiger partial charge < -0.3 is 33.8 Å². The van der Waals surface area contributed by atoms with Crippen LogP contribution in [-0.4, -0.2) is 54.3 Å². The molecular weight excluding hydrogens is 590 g/mol. The number of amides is 1. The molecule has 0 radical (unpaired) electrons. The Balaban J connectivity index is 1.24. The number of rotatable bonds is 14. The Labute approximate surface area is 257 Å². The van der Waals surface area contributed by atoms with Crippen molar-refractivity contribution in [3.63, 3.8) is 0 Å². The minimum Gasteiger partial charge on any atom is -0.508 e. The number of hydrogen-bond acceptors (Lipinski definition) is 8. The van der Waals surface area contributed by atoms with Crippen molar-refractivity contribution in [1.82, 2.24) is 5.32 Å². The van der Waals surface area contributed by atoms with Crippen LogP contribution in [0.5, 0.6) is 5.75 Å². The molecule has 228 valence electrons. The summed E-state index contributed by atoms with van der Waals surface area (Å²) in [6.45, 7) is 1.47. The van der Waals surface area contributed by atoms with E-state index >= 15 is 0 Å². The van der Waals surface area contributed by atoms with Crippen LogP contribution in [0.1, 0.15) is 38.7 Å². The van der Waals surface area contributed by atoms with E-state index < -0.39 is 11.9 Å². The van der Waals surface area contributed by atoms with Crippen molar-refractivity contribution in [2.75, 3.05) is 32.2 Å². The Morgan fingerprint density at radius 3 is 2.50 bits per heavy atom. The first kappa shape index (κ1) is 30.8. The first-order valence-corrected chi connectivity index (χ1v) is 14.5. The molecule has 44 heavy (non-hydrogen) atoms. The molecule has 10 nitrogen and oxygen atoms in total. The first-order chi connectivity index (χ1) is 21.3. The highest BCUT2D eigenvalue weighted by molar-refractivity contribution is 6.17. The van der Waals surface area contributed by atoms with Crippen LogP contribution in [0.25, 0.3) is 33.4 Å². The van der Waals surface area contributed by atoms with Crippen molar-refractivity contribution in [1.29, 1.82) is 0 Å². The van der Waals surface area contributed by atoms with Gasteiger partial charge in [0.2, 0.25) is 0 Å². The van der Waals surface area contributed by atoms with Crippen LogP contribution in [0.15, 0.2) is 80.4 Å². The normalized spacial score (nSPS) is 11.3. The van der Waals surface area contributed by atoms with Crippen molar-refractivity contribution in [3.05, 3.63) is 99.6 Å². The van der Waals surface area contributed by atoms with Crippen LogP contribution >= 0.6 is 11.6 Å². The standard InChI is InChI=1S/C33H30ClNO9/c34-11-1-2-23-6-7-24(43-23)19-42-15-14-41-13-12-35-32(38)20-3-8-25(33(39)40)28(16-20)31-26-9-4-21(36)17-29(26)44-30-18-22(37)5-10-27(30)31/h3-10,16-18,36H,1-2,11-15,19H2,(H,35,38)(H,39,40). The Hall–Kier alpha value is -4.64. The molecule has 0 atom stereocenters. The van der Waals surface area contributed by atoms with E-state index in [0.29, 0.717) is 42.2 Å². The number of nitrogens with one attached hydrogen (secondary N) is 1. The van der Waals surface area contributed by atoms with Crippen LogP contribution in [0.2, 0.25) is 0 Å². The number of alkyl halides is 1. The van der Waals surface area contributed by atoms with E-state index in [4.69, 9.17) is 29.9 Å². The lowest BCUT2D eigenvalue weighted by molar-refractivity contribution is 0.0352. The van der Waals surface area contributed by atoms with Gasteiger partial charge in [-0.3, -0.25) is 9.59 Å². The fourth-order valence-electron chi connectivity index (χ4n) is 4.83. The number of phenolic OH excluding ortho intramolecular Hbond substituents is 1. The van der Waals surface area contributed by atoms with Crippen molar-refractivity contribution < 1.29 is 38.1 Å². The molecule has 1 aromatic heterocycles. The van der Waals surface area contributed by atoms with Gasteiger partial charge in [-0.25, -0.2) is 4.79 Å². The minimum atomic E-state index is -1.19. The molecule has 3 aromatic rings. The zero-order valence-electron chi connectivity index (χ0n) is 23.6. The van der Waals surface area contributed by atoms with Crippen LogP contribution in [0.3, 0.4) is 0 Å². The van der Waals surface area contributed by atoms with Gasteiger partial charge in [-0.2, -0.15) is 0 Å². The predicted molar refractivity (Wildman–Crippen MR) is 164 cm³/mol. The van der Waals surface area contributed by atoms with E-state index in [-0.39, 0.29) is 52.4 Å². The number of phenols is 1. The maximum atomic E-state index is 13.0.